The van der Waals surface area contributed by atoms with Gasteiger partial charge in [-0.2, -0.15) is 0 Å². The molecule has 0 bridgehead atoms. The Morgan fingerprint density at radius 3 is 3.00 bits per heavy atom. The van der Waals surface area contributed by atoms with E-state index in [0.29, 0.717) is 11.4 Å². The molecule has 1 aromatic heterocycles. The van der Waals surface area contributed by atoms with Crippen molar-refractivity contribution in [2.75, 3.05) is 5.73 Å². The number of hydrogen-bond acceptors (Lipinski definition) is 3. The summed E-state index contributed by atoms with van der Waals surface area (Å²) in [7, 11) is 0. The maximum atomic E-state index is 6.82. The molecule has 0 amide bonds. The maximum Gasteiger partial charge on any atom is 0.103 e. The molecule has 0 saturated heterocycles. The third-order valence-corrected chi connectivity index (χ3v) is 1.01. The minimum absolute atomic E-state index is 0. The molecular weight excluding hydrogens is 114 g/mol. The van der Waals surface area contributed by atoms with E-state index in [1.54, 1.807) is 18.3 Å². The summed E-state index contributed by atoms with van der Waals surface area (Å²) in [6.07, 6.45) is 2.74. The Morgan fingerprint density at radius 1 is 1.78 bits per heavy atom. The van der Waals surface area contributed by atoms with Crippen LogP contribution >= 0.6 is 0 Å². The molecule has 0 aliphatic heterocycles. The van der Waals surface area contributed by atoms with Crippen LogP contribution in [0, 0.1) is 5.41 Å². The number of rotatable bonds is 1. The largest absolute Gasteiger partial charge is 0.397 e. The van der Waals surface area contributed by atoms with Crippen molar-refractivity contribution in [1.29, 1.82) is 5.41 Å². The molecule has 0 atom stereocenters. The molecule has 0 aliphatic carbocycles. The fraction of sp³-hybridized carbons (Fsp3) is 0. The molecule has 0 aromatic carbocycles. The van der Waals surface area contributed by atoms with Gasteiger partial charge in [0.15, 0.2) is 0 Å². The van der Waals surface area contributed by atoms with Crippen LogP contribution in [0.2, 0.25) is 0 Å². The Hall–Kier alpha value is -1.38. The van der Waals surface area contributed by atoms with Gasteiger partial charge in [-0.05, 0) is 12.1 Å². The Bertz CT molecular complexity index is 224. The minimum Gasteiger partial charge on any atom is -0.397 e. The van der Waals surface area contributed by atoms with Gasteiger partial charge in [-0.15, -0.1) is 0 Å². The maximum absolute atomic E-state index is 6.82. The highest BCUT2D eigenvalue weighted by molar-refractivity contribution is 5.81. The summed E-state index contributed by atoms with van der Waals surface area (Å²) in [5, 5.41) is 6.82. The lowest BCUT2D eigenvalue weighted by Crippen LogP contribution is -1.94. The first-order valence-corrected chi connectivity index (χ1v) is 2.55. The van der Waals surface area contributed by atoms with Crippen molar-refractivity contribution in [2.24, 2.45) is 0 Å². The fourth-order valence-corrected chi connectivity index (χ4v) is 0.551. The molecular formula is C6H9N3. The summed E-state index contributed by atoms with van der Waals surface area (Å²) < 4.78 is 0. The Balaban J connectivity index is 0.000000810. The minimum atomic E-state index is 0. The van der Waals surface area contributed by atoms with Gasteiger partial charge >= 0.3 is 0 Å². The molecule has 3 heteroatoms. The Labute approximate surface area is 54.5 Å². The van der Waals surface area contributed by atoms with Crippen LogP contribution < -0.4 is 5.73 Å². The molecule has 3 nitrogen and oxygen atoms in total. The number of anilines is 1. The molecule has 0 spiro atoms. The van der Waals surface area contributed by atoms with Crippen molar-refractivity contribution in [3.63, 3.8) is 0 Å². The third kappa shape index (κ3) is 1.05. The van der Waals surface area contributed by atoms with Gasteiger partial charge in [0.1, 0.15) is 5.69 Å². The zero-order valence-corrected chi connectivity index (χ0v) is 4.83. The first kappa shape index (κ1) is 5.75. The lowest BCUT2D eigenvalue weighted by Gasteiger charge is -1.93. The normalized spacial score (nSPS) is 8.89. The SMILES string of the molecule is N=Cc1ncccc1N.[HH]. The van der Waals surface area contributed by atoms with Crippen molar-refractivity contribution in [2.45, 2.75) is 0 Å². The van der Waals surface area contributed by atoms with E-state index in [4.69, 9.17) is 11.1 Å². The van der Waals surface area contributed by atoms with Crippen molar-refractivity contribution in [3.8, 4) is 0 Å². The first-order chi connectivity index (χ1) is 4.34. The smallest absolute Gasteiger partial charge is 0.103 e. The zero-order valence-electron chi connectivity index (χ0n) is 4.83. The molecule has 1 heterocycles. The lowest BCUT2D eigenvalue weighted by molar-refractivity contribution is 1.30. The van der Waals surface area contributed by atoms with Crippen molar-refractivity contribution in [3.05, 3.63) is 24.0 Å². The van der Waals surface area contributed by atoms with Crippen LogP contribution in [-0.2, 0) is 0 Å². The van der Waals surface area contributed by atoms with Gasteiger partial charge < -0.3 is 11.1 Å². The Morgan fingerprint density at radius 2 is 2.56 bits per heavy atom. The second-order valence-corrected chi connectivity index (χ2v) is 1.62. The van der Waals surface area contributed by atoms with Gasteiger partial charge in [-0.1, -0.05) is 0 Å². The van der Waals surface area contributed by atoms with Crippen LogP contribution in [0.15, 0.2) is 18.3 Å². The van der Waals surface area contributed by atoms with Gasteiger partial charge in [0.05, 0.1) is 5.69 Å². The van der Waals surface area contributed by atoms with E-state index in [9.17, 15) is 0 Å². The van der Waals surface area contributed by atoms with Gasteiger partial charge in [-0.3, -0.25) is 4.98 Å². The average molecular weight is 123 g/mol. The van der Waals surface area contributed by atoms with Gasteiger partial charge in [-0.25, -0.2) is 0 Å². The van der Waals surface area contributed by atoms with E-state index in [1.807, 2.05) is 0 Å². The van der Waals surface area contributed by atoms with Crippen LogP contribution in [-0.4, -0.2) is 11.2 Å². The van der Waals surface area contributed by atoms with E-state index >= 15 is 0 Å². The summed E-state index contributed by atoms with van der Waals surface area (Å²) in [6, 6.07) is 3.45. The number of nitrogens with one attached hydrogen (secondary N) is 1. The van der Waals surface area contributed by atoms with Crippen LogP contribution in [0.3, 0.4) is 0 Å². The highest BCUT2D eigenvalue weighted by Gasteiger charge is 1.90. The molecule has 1 aromatic rings. The quantitative estimate of drug-likeness (QED) is 0.545. The van der Waals surface area contributed by atoms with Crippen molar-refractivity contribution in [1.82, 2.24) is 4.98 Å². The van der Waals surface area contributed by atoms with E-state index in [1.165, 1.54) is 0 Å². The van der Waals surface area contributed by atoms with E-state index in [0.717, 1.165) is 6.21 Å². The molecule has 0 radical (unpaired) electrons. The lowest BCUT2D eigenvalue weighted by atomic mass is 10.3. The van der Waals surface area contributed by atoms with Gasteiger partial charge in [0.2, 0.25) is 0 Å². The molecule has 48 valence electrons. The number of nitrogens with zero attached hydrogens (tertiary/aromatic N) is 1. The van der Waals surface area contributed by atoms with Crippen LogP contribution in [0.5, 0.6) is 0 Å². The number of pyridine rings is 1. The molecule has 0 saturated carbocycles. The summed E-state index contributed by atoms with van der Waals surface area (Å²) in [5.74, 6) is 0. The first-order valence-electron chi connectivity index (χ1n) is 2.55. The van der Waals surface area contributed by atoms with Crippen LogP contribution in [0.25, 0.3) is 0 Å². The standard InChI is InChI=1S/C6H7N3.H2/c7-4-6-5(8)2-1-3-9-6;/h1-4,7H,8H2;1H. The topological polar surface area (TPSA) is 62.8 Å². The number of nitrogens with two attached hydrogens (primary N) is 1. The molecule has 9 heavy (non-hydrogen) atoms. The van der Waals surface area contributed by atoms with Crippen molar-refractivity contribution < 1.29 is 1.43 Å². The Kier molecular flexibility index (Phi) is 1.44. The summed E-state index contributed by atoms with van der Waals surface area (Å²) in [4.78, 5) is 3.83. The second kappa shape index (κ2) is 2.26. The summed E-state index contributed by atoms with van der Waals surface area (Å²) >= 11 is 0. The second-order valence-electron chi connectivity index (χ2n) is 1.62. The predicted octanol–water partition coefficient (Wildman–Crippen LogP) is 0.907. The van der Waals surface area contributed by atoms with Crippen molar-refractivity contribution >= 4 is 11.9 Å². The molecule has 0 fully saturated rings. The number of aromatic nitrogens is 1. The fourth-order valence-electron chi connectivity index (χ4n) is 0.551. The van der Waals surface area contributed by atoms with E-state index < -0.39 is 0 Å². The zero-order chi connectivity index (χ0) is 6.69. The molecule has 0 aliphatic rings. The number of nitrogen functional groups attached to an aromatic ring is 1. The van der Waals surface area contributed by atoms with Gasteiger partial charge in [0, 0.05) is 13.8 Å². The van der Waals surface area contributed by atoms with Gasteiger partial charge in [0.25, 0.3) is 0 Å². The summed E-state index contributed by atoms with van der Waals surface area (Å²) in [6.45, 7) is 0. The van der Waals surface area contributed by atoms with E-state index in [-0.39, 0.29) is 1.43 Å². The molecule has 1 rings (SSSR count). The van der Waals surface area contributed by atoms with Crippen LogP contribution in [0.1, 0.15) is 7.12 Å². The third-order valence-electron chi connectivity index (χ3n) is 1.01. The average Bonchev–Trinajstić information content (AvgIpc) is 1.89. The van der Waals surface area contributed by atoms with E-state index in [2.05, 4.69) is 4.98 Å². The predicted molar refractivity (Wildman–Crippen MR) is 38.6 cm³/mol. The highest BCUT2D eigenvalue weighted by atomic mass is 14.7. The molecule has 3 N–H and O–H groups in total. The molecule has 0 unspecified atom stereocenters. The van der Waals surface area contributed by atoms with Crippen LogP contribution in [0.4, 0.5) is 5.69 Å². The number of hydrogen-bond donors (Lipinski definition) is 2. The summed E-state index contributed by atoms with van der Waals surface area (Å²) in [5.41, 5.74) is 6.49. The highest BCUT2D eigenvalue weighted by Crippen LogP contribution is 2.01. The monoisotopic (exact) mass is 123 g/mol.